The summed E-state index contributed by atoms with van der Waals surface area (Å²) in [6, 6.07) is 13.8. The van der Waals surface area contributed by atoms with Gasteiger partial charge in [-0.15, -0.1) is 0 Å². The van der Waals surface area contributed by atoms with Crippen molar-refractivity contribution in [3.05, 3.63) is 106 Å². The Labute approximate surface area is 202 Å². The van der Waals surface area contributed by atoms with Crippen molar-refractivity contribution in [1.82, 2.24) is 0 Å². The summed E-state index contributed by atoms with van der Waals surface area (Å²) >= 11 is 6.05. The molecule has 4 aromatic rings. The van der Waals surface area contributed by atoms with Crippen molar-refractivity contribution in [3.8, 4) is 11.3 Å². The van der Waals surface area contributed by atoms with Gasteiger partial charge < -0.3 is 14.2 Å². The van der Waals surface area contributed by atoms with Gasteiger partial charge in [0.25, 0.3) is 5.91 Å². The molecule has 178 valence electrons. The number of ketones is 1. The number of furan rings is 2. The molecular weight excluding hydrogens is 483 g/mol. The minimum Gasteiger partial charge on any atom is -0.469 e. The average Bonchev–Trinajstić information content (AvgIpc) is 3.46. The van der Waals surface area contributed by atoms with Crippen LogP contribution in [-0.4, -0.2) is 11.7 Å². The fraction of sp³-hybridized carbons (Fsp3) is 0.0769. The van der Waals surface area contributed by atoms with Gasteiger partial charge in [0, 0.05) is 16.8 Å². The van der Waals surface area contributed by atoms with Crippen LogP contribution < -0.4 is 5.32 Å². The Balaban J connectivity index is 1.44. The number of hydrogen-bond acceptors (Lipinski definition) is 4. The SMILES string of the molecule is Cc1occc1C(=O)Nc1ccc(C(=O)/C=C/c2ccc(-c3cc(C(F)(F)F)ccc3Cl)o2)cc1. The summed E-state index contributed by atoms with van der Waals surface area (Å²) in [6.45, 7) is 1.68. The Hall–Kier alpha value is -4.04. The molecule has 0 atom stereocenters. The van der Waals surface area contributed by atoms with Crippen molar-refractivity contribution in [2.45, 2.75) is 13.1 Å². The molecule has 0 aliphatic rings. The lowest BCUT2D eigenvalue weighted by Crippen LogP contribution is -2.12. The highest BCUT2D eigenvalue weighted by Crippen LogP contribution is 2.36. The van der Waals surface area contributed by atoms with E-state index in [1.54, 1.807) is 37.3 Å². The number of nitrogens with one attached hydrogen (secondary N) is 1. The Morgan fingerprint density at radius 1 is 1.00 bits per heavy atom. The number of carbonyl (C=O) groups excluding carboxylic acids is 2. The average molecular weight is 500 g/mol. The second kappa shape index (κ2) is 9.68. The molecule has 9 heteroatoms. The lowest BCUT2D eigenvalue weighted by atomic mass is 10.1. The Morgan fingerprint density at radius 3 is 2.40 bits per heavy atom. The van der Waals surface area contributed by atoms with Crippen molar-refractivity contribution in [2.75, 3.05) is 5.32 Å². The number of amides is 1. The number of halogens is 4. The molecular formula is C26H17ClF3NO4. The van der Waals surface area contributed by atoms with E-state index in [0.29, 0.717) is 22.6 Å². The maximum absolute atomic E-state index is 13.0. The van der Waals surface area contributed by atoms with Crippen LogP contribution in [-0.2, 0) is 6.18 Å². The first kappa shape index (κ1) is 24.1. The molecule has 0 aliphatic heterocycles. The first-order chi connectivity index (χ1) is 16.6. The number of aryl methyl sites for hydroxylation is 1. The van der Waals surface area contributed by atoms with Gasteiger partial charge in [0.15, 0.2) is 5.78 Å². The molecule has 0 saturated heterocycles. The topological polar surface area (TPSA) is 72.5 Å². The van der Waals surface area contributed by atoms with Crippen LogP contribution in [0.1, 0.15) is 37.8 Å². The highest BCUT2D eigenvalue weighted by atomic mass is 35.5. The minimum atomic E-state index is -4.52. The summed E-state index contributed by atoms with van der Waals surface area (Å²) in [5.74, 6) is 0.242. The minimum absolute atomic E-state index is 0.0933. The summed E-state index contributed by atoms with van der Waals surface area (Å²) < 4.78 is 49.7. The largest absolute Gasteiger partial charge is 0.469 e. The van der Waals surface area contributed by atoms with E-state index < -0.39 is 11.7 Å². The molecule has 0 saturated carbocycles. The van der Waals surface area contributed by atoms with Crippen molar-refractivity contribution in [3.63, 3.8) is 0 Å². The molecule has 2 aromatic heterocycles. The summed E-state index contributed by atoms with van der Waals surface area (Å²) in [5.41, 5.74) is 0.532. The summed E-state index contributed by atoms with van der Waals surface area (Å²) in [7, 11) is 0. The third-order valence-electron chi connectivity index (χ3n) is 5.12. The molecule has 0 unspecified atom stereocenters. The zero-order chi connectivity index (χ0) is 25.2. The van der Waals surface area contributed by atoms with Gasteiger partial charge in [-0.25, -0.2) is 0 Å². The lowest BCUT2D eigenvalue weighted by molar-refractivity contribution is -0.137. The molecule has 0 spiro atoms. The van der Waals surface area contributed by atoms with E-state index in [0.717, 1.165) is 18.2 Å². The van der Waals surface area contributed by atoms with Gasteiger partial charge in [0.1, 0.15) is 17.3 Å². The molecule has 35 heavy (non-hydrogen) atoms. The zero-order valence-electron chi connectivity index (χ0n) is 18.2. The molecule has 5 nitrogen and oxygen atoms in total. The quantitative estimate of drug-likeness (QED) is 0.218. The highest BCUT2D eigenvalue weighted by molar-refractivity contribution is 6.33. The second-order valence-electron chi connectivity index (χ2n) is 7.51. The van der Waals surface area contributed by atoms with Crippen LogP contribution in [0.25, 0.3) is 17.4 Å². The number of benzene rings is 2. The summed E-state index contributed by atoms with van der Waals surface area (Å²) in [5, 5.41) is 2.83. The predicted octanol–water partition coefficient (Wildman–Crippen LogP) is 7.67. The van der Waals surface area contributed by atoms with Gasteiger partial charge in [-0.05, 0) is 79.7 Å². The Morgan fingerprint density at radius 2 is 1.74 bits per heavy atom. The van der Waals surface area contributed by atoms with Crippen LogP contribution in [0.5, 0.6) is 0 Å². The summed E-state index contributed by atoms with van der Waals surface area (Å²) in [6.07, 6.45) is -0.407. The second-order valence-corrected chi connectivity index (χ2v) is 7.92. The van der Waals surface area contributed by atoms with Crippen LogP contribution in [0, 0.1) is 6.92 Å². The standard InChI is InChI=1S/C26H17ClF3NO4/c1-15-20(12-13-34-15)25(33)31-18-5-2-16(3-6-18)23(32)10-7-19-8-11-24(35-19)21-14-17(26(28,29)30)4-9-22(21)27/h2-14H,1H3,(H,31,33)/b10-7+. The maximum Gasteiger partial charge on any atom is 0.416 e. The van der Waals surface area contributed by atoms with Crippen molar-refractivity contribution in [1.29, 1.82) is 0 Å². The predicted molar refractivity (Wildman–Crippen MR) is 125 cm³/mol. The van der Waals surface area contributed by atoms with Crippen molar-refractivity contribution in [2.24, 2.45) is 0 Å². The first-order valence-corrected chi connectivity index (χ1v) is 10.6. The number of alkyl halides is 3. The monoisotopic (exact) mass is 499 g/mol. The molecule has 0 aliphatic carbocycles. The third-order valence-corrected chi connectivity index (χ3v) is 5.45. The van der Waals surface area contributed by atoms with Crippen LogP contribution in [0.15, 0.2) is 81.8 Å². The zero-order valence-corrected chi connectivity index (χ0v) is 18.9. The normalized spacial score (nSPS) is 11.7. The van der Waals surface area contributed by atoms with Crippen LogP contribution in [0.3, 0.4) is 0 Å². The number of allylic oxidation sites excluding steroid dienone is 1. The van der Waals surface area contributed by atoms with Crippen LogP contribution in [0.4, 0.5) is 18.9 Å². The van der Waals surface area contributed by atoms with E-state index >= 15 is 0 Å². The molecule has 1 N–H and O–H groups in total. The number of anilines is 1. The van der Waals surface area contributed by atoms with Gasteiger partial charge in [-0.3, -0.25) is 9.59 Å². The molecule has 2 heterocycles. The van der Waals surface area contributed by atoms with E-state index in [2.05, 4.69) is 5.32 Å². The lowest BCUT2D eigenvalue weighted by Gasteiger charge is -2.09. The maximum atomic E-state index is 13.0. The molecule has 2 aromatic carbocycles. The Kier molecular flexibility index (Phi) is 6.66. The van der Waals surface area contributed by atoms with Crippen molar-refractivity contribution < 1.29 is 31.6 Å². The smallest absolute Gasteiger partial charge is 0.416 e. The molecule has 1 amide bonds. The van der Waals surface area contributed by atoms with E-state index in [4.69, 9.17) is 20.4 Å². The van der Waals surface area contributed by atoms with E-state index in [1.165, 1.54) is 30.5 Å². The van der Waals surface area contributed by atoms with Gasteiger partial charge in [-0.1, -0.05) is 11.6 Å². The van der Waals surface area contributed by atoms with E-state index in [9.17, 15) is 22.8 Å². The highest BCUT2D eigenvalue weighted by Gasteiger charge is 2.31. The van der Waals surface area contributed by atoms with E-state index in [1.807, 2.05) is 0 Å². The van der Waals surface area contributed by atoms with Gasteiger partial charge in [-0.2, -0.15) is 13.2 Å². The first-order valence-electron chi connectivity index (χ1n) is 10.3. The van der Waals surface area contributed by atoms with Crippen molar-refractivity contribution >= 4 is 35.1 Å². The van der Waals surface area contributed by atoms with Gasteiger partial charge in [0.2, 0.25) is 0 Å². The number of carbonyl (C=O) groups is 2. The molecule has 0 bridgehead atoms. The fourth-order valence-electron chi connectivity index (χ4n) is 3.27. The van der Waals surface area contributed by atoms with Gasteiger partial charge in [0.05, 0.1) is 22.4 Å². The molecule has 0 radical (unpaired) electrons. The number of rotatable bonds is 6. The van der Waals surface area contributed by atoms with Gasteiger partial charge >= 0.3 is 6.18 Å². The summed E-state index contributed by atoms with van der Waals surface area (Å²) in [4.78, 5) is 24.7. The number of hydrogen-bond donors (Lipinski definition) is 1. The fourth-order valence-corrected chi connectivity index (χ4v) is 3.48. The Bertz CT molecular complexity index is 1420. The third kappa shape index (κ3) is 5.55. The van der Waals surface area contributed by atoms with Crippen LogP contribution in [0.2, 0.25) is 5.02 Å². The molecule has 0 fully saturated rings. The van der Waals surface area contributed by atoms with Crippen LogP contribution >= 0.6 is 11.6 Å². The molecule has 4 rings (SSSR count). The van der Waals surface area contributed by atoms with E-state index in [-0.39, 0.29) is 33.8 Å².